The minimum Gasteiger partial charge on any atom is -0.493 e. The van der Waals surface area contributed by atoms with Gasteiger partial charge in [0, 0.05) is 37.8 Å². The van der Waals surface area contributed by atoms with Crippen LogP contribution in [0.5, 0.6) is 11.5 Å². The van der Waals surface area contributed by atoms with Gasteiger partial charge in [-0.2, -0.15) is 0 Å². The van der Waals surface area contributed by atoms with E-state index in [1.165, 1.54) is 6.08 Å². The molecule has 0 atom stereocenters. The maximum absolute atomic E-state index is 12.7. The summed E-state index contributed by atoms with van der Waals surface area (Å²) in [5.41, 5.74) is 2.53. The highest BCUT2D eigenvalue weighted by Gasteiger charge is 2.24. The molecule has 1 aliphatic heterocycles. The van der Waals surface area contributed by atoms with Crippen LogP contribution in [-0.2, 0) is 4.79 Å². The highest BCUT2D eigenvalue weighted by molar-refractivity contribution is 6.32. The zero-order valence-corrected chi connectivity index (χ0v) is 19.7. The normalized spacial score (nSPS) is 14.2. The summed E-state index contributed by atoms with van der Waals surface area (Å²) >= 11 is 6.35. The third-order valence-corrected chi connectivity index (χ3v) is 5.48. The van der Waals surface area contributed by atoms with Crippen molar-refractivity contribution in [1.82, 2.24) is 9.80 Å². The lowest BCUT2D eigenvalue weighted by atomic mass is 10.1. The number of methoxy groups -OCH3 is 1. The van der Waals surface area contributed by atoms with E-state index in [0.717, 1.165) is 11.1 Å². The standard InChI is InChI=1S/C25H29ClN2O4/c1-17(2)32-24-21(26)15-19(16-22(24)31-4)7-10-23(29)27-11-13-28(14-12-27)25(30)20-8-5-18(3)6-9-20/h5-10,15-17H,11-14H2,1-4H3/b10-7+. The number of nitrogens with zero attached hydrogens (tertiary/aromatic N) is 2. The Morgan fingerprint density at radius 1 is 1.03 bits per heavy atom. The fourth-order valence-corrected chi connectivity index (χ4v) is 3.73. The van der Waals surface area contributed by atoms with E-state index < -0.39 is 0 Å². The Balaban J connectivity index is 1.60. The summed E-state index contributed by atoms with van der Waals surface area (Å²) < 4.78 is 11.1. The number of carbonyl (C=O) groups is 2. The molecule has 0 aromatic heterocycles. The predicted octanol–water partition coefficient (Wildman–Crippen LogP) is 4.44. The van der Waals surface area contributed by atoms with Crippen LogP contribution in [0, 0.1) is 6.92 Å². The summed E-state index contributed by atoms with van der Waals surface area (Å²) in [5, 5.41) is 0.424. The van der Waals surface area contributed by atoms with Gasteiger partial charge in [-0.05, 0) is 56.7 Å². The number of halogens is 1. The van der Waals surface area contributed by atoms with Crippen molar-refractivity contribution < 1.29 is 19.1 Å². The summed E-state index contributed by atoms with van der Waals surface area (Å²) in [6.45, 7) is 7.81. The van der Waals surface area contributed by atoms with E-state index in [2.05, 4.69) is 0 Å². The summed E-state index contributed by atoms with van der Waals surface area (Å²) in [5.74, 6) is 0.895. The van der Waals surface area contributed by atoms with E-state index in [1.807, 2.05) is 45.0 Å². The topological polar surface area (TPSA) is 59.1 Å². The van der Waals surface area contributed by atoms with Crippen molar-refractivity contribution in [1.29, 1.82) is 0 Å². The van der Waals surface area contributed by atoms with Gasteiger partial charge in [0.25, 0.3) is 5.91 Å². The first-order valence-electron chi connectivity index (χ1n) is 10.7. The van der Waals surface area contributed by atoms with Crippen molar-refractivity contribution in [3.05, 3.63) is 64.2 Å². The molecule has 0 radical (unpaired) electrons. The van der Waals surface area contributed by atoms with Gasteiger partial charge in [-0.1, -0.05) is 29.3 Å². The largest absolute Gasteiger partial charge is 0.493 e. The lowest BCUT2D eigenvalue weighted by Crippen LogP contribution is -2.50. The maximum atomic E-state index is 12.7. The molecule has 2 aromatic carbocycles. The van der Waals surface area contributed by atoms with Gasteiger partial charge in [0.1, 0.15) is 0 Å². The minimum atomic E-state index is -0.106. The summed E-state index contributed by atoms with van der Waals surface area (Å²) in [7, 11) is 1.55. The minimum absolute atomic E-state index is 0.00177. The first-order chi connectivity index (χ1) is 15.3. The number of piperazine rings is 1. The number of hydrogen-bond donors (Lipinski definition) is 0. The van der Waals surface area contributed by atoms with Crippen molar-refractivity contribution >= 4 is 29.5 Å². The molecule has 6 nitrogen and oxygen atoms in total. The van der Waals surface area contributed by atoms with Crippen molar-refractivity contribution in [3.63, 3.8) is 0 Å². The number of carbonyl (C=O) groups excluding carboxylic acids is 2. The third kappa shape index (κ3) is 5.82. The van der Waals surface area contributed by atoms with Crippen LogP contribution in [0.1, 0.15) is 35.3 Å². The monoisotopic (exact) mass is 456 g/mol. The molecule has 1 fully saturated rings. The Kier molecular flexibility index (Phi) is 7.80. The number of rotatable bonds is 6. The van der Waals surface area contributed by atoms with Crippen LogP contribution in [0.25, 0.3) is 6.08 Å². The van der Waals surface area contributed by atoms with Crippen molar-refractivity contribution in [3.8, 4) is 11.5 Å². The Hall–Kier alpha value is -2.99. The lowest BCUT2D eigenvalue weighted by molar-refractivity contribution is -0.127. The van der Waals surface area contributed by atoms with Crippen LogP contribution in [0.15, 0.2) is 42.5 Å². The number of aryl methyl sites for hydroxylation is 1. The Morgan fingerprint density at radius 3 is 2.25 bits per heavy atom. The summed E-state index contributed by atoms with van der Waals surface area (Å²) in [6.07, 6.45) is 3.19. The first kappa shape index (κ1) is 23.7. The van der Waals surface area contributed by atoms with Crippen molar-refractivity contribution in [2.75, 3.05) is 33.3 Å². The Morgan fingerprint density at radius 2 is 1.66 bits per heavy atom. The second-order valence-electron chi connectivity index (χ2n) is 8.02. The van der Waals surface area contributed by atoms with Crippen LogP contribution >= 0.6 is 11.6 Å². The number of hydrogen-bond acceptors (Lipinski definition) is 4. The highest BCUT2D eigenvalue weighted by atomic mass is 35.5. The van der Waals surface area contributed by atoms with Gasteiger partial charge in [-0.25, -0.2) is 0 Å². The molecule has 0 spiro atoms. The van der Waals surface area contributed by atoms with Crippen LogP contribution in [0.4, 0.5) is 0 Å². The molecule has 32 heavy (non-hydrogen) atoms. The van der Waals surface area contributed by atoms with Crippen LogP contribution in [0.2, 0.25) is 5.02 Å². The fourth-order valence-electron chi connectivity index (χ4n) is 3.47. The average molecular weight is 457 g/mol. The van der Waals surface area contributed by atoms with Crippen molar-refractivity contribution in [2.24, 2.45) is 0 Å². The van der Waals surface area contributed by atoms with E-state index >= 15 is 0 Å². The van der Waals surface area contributed by atoms with Crippen LogP contribution in [0.3, 0.4) is 0 Å². The Bertz CT molecular complexity index is 994. The van der Waals surface area contributed by atoms with Gasteiger partial charge in [0.15, 0.2) is 11.5 Å². The van der Waals surface area contributed by atoms with E-state index in [0.29, 0.717) is 48.3 Å². The molecule has 1 heterocycles. The average Bonchev–Trinajstić information content (AvgIpc) is 2.78. The molecule has 2 aromatic rings. The molecular formula is C25H29ClN2O4. The zero-order chi connectivity index (χ0) is 23.3. The molecule has 0 aliphatic carbocycles. The molecule has 1 saturated heterocycles. The number of benzene rings is 2. The Labute approximate surface area is 194 Å². The summed E-state index contributed by atoms with van der Waals surface area (Å²) in [6, 6.07) is 11.1. The molecule has 3 rings (SSSR count). The van der Waals surface area contributed by atoms with E-state index in [-0.39, 0.29) is 17.9 Å². The van der Waals surface area contributed by atoms with Gasteiger partial charge in [-0.15, -0.1) is 0 Å². The van der Waals surface area contributed by atoms with Gasteiger partial charge in [0.05, 0.1) is 18.2 Å². The van der Waals surface area contributed by atoms with Crippen LogP contribution in [-0.4, -0.2) is 61.0 Å². The number of amides is 2. The smallest absolute Gasteiger partial charge is 0.253 e. The number of ether oxygens (including phenoxy) is 2. The molecule has 0 saturated carbocycles. The van der Waals surface area contributed by atoms with Gasteiger partial charge in [0.2, 0.25) is 5.91 Å². The molecule has 170 valence electrons. The first-order valence-corrected chi connectivity index (χ1v) is 11.0. The van der Waals surface area contributed by atoms with Crippen molar-refractivity contribution in [2.45, 2.75) is 26.9 Å². The molecular weight excluding hydrogens is 428 g/mol. The van der Waals surface area contributed by atoms with E-state index in [4.69, 9.17) is 21.1 Å². The third-order valence-electron chi connectivity index (χ3n) is 5.20. The molecule has 2 amide bonds. The van der Waals surface area contributed by atoms with E-state index in [1.54, 1.807) is 35.1 Å². The maximum Gasteiger partial charge on any atom is 0.253 e. The SMILES string of the molecule is COc1cc(/C=C/C(=O)N2CCN(C(=O)c3ccc(C)cc3)CC2)cc(Cl)c1OC(C)C. The second kappa shape index (κ2) is 10.6. The van der Waals surface area contributed by atoms with Crippen LogP contribution < -0.4 is 9.47 Å². The summed E-state index contributed by atoms with van der Waals surface area (Å²) in [4.78, 5) is 28.8. The van der Waals surface area contributed by atoms with E-state index in [9.17, 15) is 9.59 Å². The zero-order valence-electron chi connectivity index (χ0n) is 18.9. The molecule has 0 N–H and O–H groups in total. The molecule has 0 bridgehead atoms. The van der Waals surface area contributed by atoms with Gasteiger partial charge >= 0.3 is 0 Å². The molecule has 7 heteroatoms. The van der Waals surface area contributed by atoms with Gasteiger partial charge in [-0.3, -0.25) is 9.59 Å². The highest BCUT2D eigenvalue weighted by Crippen LogP contribution is 2.37. The predicted molar refractivity (Wildman–Crippen MR) is 126 cm³/mol. The molecule has 0 unspecified atom stereocenters. The fraction of sp³-hybridized carbons (Fsp3) is 0.360. The molecule has 1 aliphatic rings. The second-order valence-corrected chi connectivity index (χ2v) is 8.42. The lowest BCUT2D eigenvalue weighted by Gasteiger charge is -2.34. The quantitative estimate of drug-likeness (QED) is 0.603. The van der Waals surface area contributed by atoms with Gasteiger partial charge < -0.3 is 19.3 Å².